The van der Waals surface area contributed by atoms with Crippen LogP contribution in [0.25, 0.3) is 11.1 Å². The van der Waals surface area contributed by atoms with Gasteiger partial charge in [0.1, 0.15) is 0 Å². The van der Waals surface area contributed by atoms with Crippen molar-refractivity contribution in [2.75, 3.05) is 13.1 Å². The first-order valence-corrected chi connectivity index (χ1v) is 7.53. The number of hydrogen-bond donors (Lipinski definition) is 2. The first-order chi connectivity index (χ1) is 9.92. The van der Waals surface area contributed by atoms with E-state index in [9.17, 15) is 0 Å². The lowest BCUT2D eigenvalue weighted by Gasteiger charge is -2.15. The van der Waals surface area contributed by atoms with Crippen molar-refractivity contribution < 1.29 is 0 Å². The van der Waals surface area contributed by atoms with Gasteiger partial charge in [0.2, 0.25) is 0 Å². The number of rotatable bonds is 6. The third kappa shape index (κ3) is 2.49. The maximum Gasteiger partial charge on any atom is 0.0588 e. The van der Waals surface area contributed by atoms with Crippen molar-refractivity contribution in [3.63, 3.8) is 0 Å². The van der Waals surface area contributed by atoms with E-state index in [2.05, 4.69) is 53.8 Å². The summed E-state index contributed by atoms with van der Waals surface area (Å²) in [6, 6.07) is 17.8. The Morgan fingerprint density at radius 1 is 0.800 bits per heavy atom. The summed E-state index contributed by atoms with van der Waals surface area (Å²) < 4.78 is 0. The van der Waals surface area contributed by atoms with Crippen LogP contribution >= 0.6 is 0 Å². The molecule has 0 aliphatic heterocycles. The summed E-state index contributed by atoms with van der Waals surface area (Å²) in [6.07, 6.45) is 3.52. The van der Waals surface area contributed by atoms with Crippen molar-refractivity contribution in [1.82, 2.24) is 5.32 Å². The van der Waals surface area contributed by atoms with E-state index in [1.54, 1.807) is 0 Å². The third-order valence-electron chi connectivity index (χ3n) is 4.06. The summed E-state index contributed by atoms with van der Waals surface area (Å²) in [5.74, 6) is 0. The van der Waals surface area contributed by atoms with Crippen LogP contribution in [-0.4, -0.2) is 13.1 Å². The van der Waals surface area contributed by atoms with Crippen molar-refractivity contribution in [3.8, 4) is 11.1 Å². The van der Waals surface area contributed by atoms with Gasteiger partial charge < -0.3 is 11.1 Å². The average Bonchev–Trinajstić information content (AvgIpc) is 2.82. The molecule has 2 nitrogen and oxygen atoms in total. The topological polar surface area (TPSA) is 38.0 Å². The Labute approximate surface area is 121 Å². The highest BCUT2D eigenvalue weighted by molar-refractivity contribution is 5.78. The minimum Gasteiger partial charge on any atom is -0.330 e. The molecule has 2 aromatic carbocycles. The van der Waals surface area contributed by atoms with Crippen LogP contribution in [0.4, 0.5) is 0 Å². The molecule has 0 atom stereocenters. The van der Waals surface area contributed by atoms with Crippen LogP contribution in [0.1, 0.15) is 36.4 Å². The lowest BCUT2D eigenvalue weighted by atomic mass is 10.1. The number of nitrogens with two attached hydrogens (primary N) is 1. The highest BCUT2D eigenvalue weighted by atomic mass is 14.9. The Balaban J connectivity index is 1.77. The van der Waals surface area contributed by atoms with E-state index in [0.717, 1.165) is 19.5 Å². The van der Waals surface area contributed by atoms with E-state index < -0.39 is 0 Å². The summed E-state index contributed by atoms with van der Waals surface area (Å²) in [5, 5.41) is 3.71. The smallest absolute Gasteiger partial charge is 0.0588 e. The number of nitrogens with one attached hydrogen (secondary N) is 1. The molecule has 0 amide bonds. The first-order valence-electron chi connectivity index (χ1n) is 7.53. The Morgan fingerprint density at radius 2 is 1.40 bits per heavy atom. The van der Waals surface area contributed by atoms with Crippen LogP contribution in [0.5, 0.6) is 0 Å². The highest BCUT2D eigenvalue weighted by Gasteiger charge is 2.26. The second kappa shape index (κ2) is 6.21. The molecule has 0 aromatic heterocycles. The normalized spacial score (nSPS) is 13.2. The van der Waals surface area contributed by atoms with Gasteiger partial charge in [-0.15, -0.1) is 0 Å². The maximum atomic E-state index is 5.54. The summed E-state index contributed by atoms with van der Waals surface area (Å²) in [6.45, 7) is 1.85. The van der Waals surface area contributed by atoms with Crippen molar-refractivity contribution in [2.45, 2.75) is 25.3 Å². The fourth-order valence-electron chi connectivity index (χ4n) is 3.07. The molecule has 2 aromatic rings. The van der Waals surface area contributed by atoms with Crippen LogP contribution in [-0.2, 0) is 0 Å². The fraction of sp³-hybridized carbons (Fsp3) is 0.333. The van der Waals surface area contributed by atoms with Gasteiger partial charge in [0.25, 0.3) is 0 Å². The second-order valence-electron chi connectivity index (χ2n) is 5.41. The molecule has 0 spiro atoms. The van der Waals surface area contributed by atoms with Gasteiger partial charge in [0.05, 0.1) is 6.04 Å². The molecular formula is C18H22N2. The summed E-state index contributed by atoms with van der Waals surface area (Å²) in [4.78, 5) is 0. The zero-order valence-electron chi connectivity index (χ0n) is 11.8. The van der Waals surface area contributed by atoms with Crippen LogP contribution in [0.15, 0.2) is 48.5 Å². The molecule has 20 heavy (non-hydrogen) atoms. The largest absolute Gasteiger partial charge is 0.330 e. The minimum absolute atomic E-state index is 0.347. The van der Waals surface area contributed by atoms with Gasteiger partial charge in [0, 0.05) is 0 Å². The third-order valence-corrected chi connectivity index (χ3v) is 4.06. The Bertz CT molecular complexity index is 532. The van der Waals surface area contributed by atoms with Gasteiger partial charge in [0.15, 0.2) is 0 Å². The Kier molecular flexibility index (Phi) is 4.14. The van der Waals surface area contributed by atoms with Crippen LogP contribution < -0.4 is 11.1 Å². The lowest BCUT2D eigenvalue weighted by molar-refractivity contribution is 0.566. The van der Waals surface area contributed by atoms with E-state index in [1.165, 1.54) is 35.1 Å². The second-order valence-corrected chi connectivity index (χ2v) is 5.41. The van der Waals surface area contributed by atoms with Gasteiger partial charge in [-0.1, -0.05) is 55.0 Å². The zero-order valence-corrected chi connectivity index (χ0v) is 11.8. The zero-order chi connectivity index (χ0) is 13.8. The van der Waals surface area contributed by atoms with Gasteiger partial charge >= 0.3 is 0 Å². The van der Waals surface area contributed by atoms with Crippen LogP contribution in [0.2, 0.25) is 0 Å². The molecule has 0 saturated carbocycles. The van der Waals surface area contributed by atoms with Gasteiger partial charge in [-0.2, -0.15) is 0 Å². The maximum absolute atomic E-state index is 5.54. The van der Waals surface area contributed by atoms with E-state index in [4.69, 9.17) is 5.73 Å². The Morgan fingerprint density at radius 3 is 2.00 bits per heavy atom. The van der Waals surface area contributed by atoms with Gasteiger partial charge in [-0.25, -0.2) is 0 Å². The predicted molar refractivity (Wildman–Crippen MR) is 84.6 cm³/mol. The van der Waals surface area contributed by atoms with Gasteiger partial charge in [-0.3, -0.25) is 0 Å². The monoisotopic (exact) mass is 266 g/mol. The molecule has 0 radical (unpaired) electrons. The average molecular weight is 266 g/mol. The van der Waals surface area contributed by atoms with E-state index >= 15 is 0 Å². The molecule has 3 N–H and O–H groups in total. The SMILES string of the molecule is NCCCCCNC1c2ccccc2-c2ccccc21. The van der Waals surface area contributed by atoms with Crippen molar-refractivity contribution >= 4 is 0 Å². The lowest BCUT2D eigenvalue weighted by Crippen LogP contribution is -2.21. The number of unbranched alkanes of at least 4 members (excludes halogenated alkanes) is 2. The van der Waals surface area contributed by atoms with Crippen molar-refractivity contribution in [1.29, 1.82) is 0 Å². The molecule has 1 aliphatic carbocycles. The predicted octanol–water partition coefficient (Wildman–Crippen LogP) is 3.48. The highest BCUT2D eigenvalue weighted by Crippen LogP contribution is 2.42. The number of fused-ring (bicyclic) bond motifs is 3. The molecule has 3 rings (SSSR count). The van der Waals surface area contributed by atoms with Gasteiger partial charge in [-0.05, 0) is 48.2 Å². The molecular weight excluding hydrogens is 244 g/mol. The van der Waals surface area contributed by atoms with Crippen molar-refractivity contribution in [2.24, 2.45) is 5.73 Å². The molecule has 0 unspecified atom stereocenters. The molecule has 0 saturated heterocycles. The summed E-state index contributed by atoms with van der Waals surface area (Å²) in [7, 11) is 0. The number of benzene rings is 2. The molecule has 1 aliphatic rings. The molecule has 0 heterocycles. The summed E-state index contributed by atoms with van der Waals surface area (Å²) in [5.41, 5.74) is 11.1. The van der Waals surface area contributed by atoms with Crippen LogP contribution in [0, 0.1) is 0 Å². The summed E-state index contributed by atoms with van der Waals surface area (Å²) >= 11 is 0. The molecule has 104 valence electrons. The standard InChI is InChI=1S/C18H22N2/c19-12-6-1-7-13-20-18-16-10-4-2-8-14(16)15-9-3-5-11-17(15)18/h2-5,8-11,18,20H,1,6-7,12-13,19H2. The first kappa shape index (κ1) is 13.3. The quantitative estimate of drug-likeness (QED) is 0.786. The Hall–Kier alpha value is -1.64. The van der Waals surface area contributed by atoms with Crippen LogP contribution in [0.3, 0.4) is 0 Å². The molecule has 2 heteroatoms. The minimum atomic E-state index is 0.347. The fourth-order valence-corrected chi connectivity index (χ4v) is 3.07. The number of hydrogen-bond acceptors (Lipinski definition) is 2. The van der Waals surface area contributed by atoms with E-state index in [0.29, 0.717) is 6.04 Å². The molecule has 0 fully saturated rings. The van der Waals surface area contributed by atoms with Crippen molar-refractivity contribution in [3.05, 3.63) is 59.7 Å². The van der Waals surface area contributed by atoms with E-state index in [-0.39, 0.29) is 0 Å². The molecule has 0 bridgehead atoms. The van der Waals surface area contributed by atoms with E-state index in [1.807, 2.05) is 0 Å².